The molecule has 5 heteroatoms. The predicted molar refractivity (Wildman–Crippen MR) is 97.4 cm³/mol. The van der Waals surface area contributed by atoms with Crippen LogP contribution in [-0.2, 0) is 0 Å². The van der Waals surface area contributed by atoms with Gasteiger partial charge in [-0.05, 0) is 37.4 Å². The Labute approximate surface area is 145 Å². The molecule has 1 atom stereocenters. The molecule has 122 valence electrons. The van der Waals surface area contributed by atoms with Crippen LogP contribution < -0.4 is 10.1 Å². The van der Waals surface area contributed by atoms with Gasteiger partial charge < -0.3 is 10.1 Å². The Hall–Kier alpha value is -1.62. The summed E-state index contributed by atoms with van der Waals surface area (Å²) >= 11 is 1.15. The van der Waals surface area contributed by atoms with Crippen molar-refractivity contribution in [3.05, 3.63) is 65.3 Å². The topological polar surface area (TPSA) is 21.3 Å². The molecule has 0 spiro atoms. The maximum absolute atomic E-state index is 13.5. The molecule has 0 amide bonds. The molecule has 0 aliphatic heterocycles. The van der Waals surface area contributed by atoms with Crippen LogP contribution in [0.25, 0.3) is 10.1 Å². The summed E-state index contributed by atoms with van der Waals surface area (Å²) in [4.78, 5) is 0. The third-order valence-electron chi connectivity index (χ3n) is 3.59. The second-order valence-electron chi connectivity index (χ2n) is 5.13. The van der Waals surface area contributed by atoms with Crippen LogP contribution >= 0.6 is 23.7 Å². The van der Waals surface area contributed by atoms with Crippen LogP contribution in [0.2, 0.25) is 0 Å². The molecule has 23 heavy (non-hydrogen) atoms. The summed E-state index contributed by atoms with van der Waals surface area (Å²) in [6, 6.07) is 17.4. The van der Waals surface area contributed by atoms with Crippen LogP contribution in [0.3, 0.4) is 0 Å². The Balaban J connectivity index is 0.00000192. The summed E-state index contributed by atoms with van der Waals surface area (Å²) in [7, 11) is 1.93. The summed E-state index contributed by atoms with van der Waals surface area (Å²) in [5.74, 6) is 0.739. The summed E-state index contributed by atoms with van der Waals surface area (Å²) in [5.41, 5.74) is 1.13. The molecule has 0 aliphatic rings. The molecule has 0 unspecified atom stereocenters. The van der Waals surface area contributed by atoms with Gasteiger partial charge in [-0.25, -0.2) is 0 Å². The van der Waals surface area contributed by atoms with Gasteiger partial charge in [-0.15, -0.1) is 23.7 Å². The highest BCUT2D eigenvalue weighted by atomic mass is 35.5. The quantitative estimate of drug-likeness (QED) is 0.659. The Morgan fingerprint density at radius 2 is 1.91 bits per heavy atom. The van der Waals surface area contributed by atoms with Gasteiger partial charge in [0.2, 0.25) is 0 Å². The van der Waals surface area contributed by atoms with Gasteiger partial charge in [-0.2, -0.15) is 4.39 Å². The second kappa shape index (κ2) is 8.29. The molecule has 0 bridgehead atoms. The Bertz CT molecular complexity index is 747. The number of hydrogen-bond acceptors (Lipinski definition) is 3. The summed E-state index contributed by atoms with van der Waals surface area (Å²) < 4.78 is 20.7. The summed E-state index contributed by atoms with van der Waals surface area (Å²) in [5, 5.41) is 3.82. The number of hydrogen-bond donors (Lipinski definition) is 1. The molecule has 0 aliphatic carbocycles. The van der Waals surface area contributed by atoms with Gasteiger partial charge in [-0.1, -0.05) is 36.4 Å². The van der Waals surface area contributed by atoms with Crippen molar-refractivity contribution < 1.29 is 9.13 Å². The monoisotopic (exact) mass is 351 g/mol. The lowest BCUT2D eigenvalue weighted by Gasteiger charge is -2.20. The number of thiophene rings is 1. The lowest BCUT2D eigenvalue weighted by molar-refractivity contribution is 0.197. The fraction of sp³-hybridized carbons (Fsp3) is 0.222. The molecule has 1 aromatic heterocycles. The summed E-state index contributed by atoms with van der Waals surface area (Å²) in [6.07, 6.45) is 0.797. The van der Waals surface area contributed by atoms with Crippen LogP contribution in [0, 0.1) is 5.13 Å². The minimum absolute atomic E-state index is 0. The normalized spacial score (nSPS) is 11.9. The zero-order valence-electron chi connectivity index (χ0n) is 12.8. The molecule has 2 aromatic carbocycles. The molecule has 0 saturated heterocycles. The number of rotatable bonds is 6. The van der Waals surface area contributed by atoms with Crippen molar-refractivity contribution in [3.63, 3.8) is 0 Å². The Morgan fingerprint density at radius 1 is 1.13 bits per heavy atom. The molecular formula is C18H19ClFNOS. The van der Waals surface area contributed by atoms with E-state index in [1.165, 1.54) is 0 Å². The van der Waals surface area contributed by atoms with E-state index < -0.39 is 0 Å². The predicted octanol–water partition coefficient (Wildman–Crippen LogP) is 5.19. The molecule has 2 nitrogen and oxygen atoms in total. The zero-order chi connectivity index (χ0) is 15.4. The van der Waals surface area contributed by atoms with Crippen LogP contribution in [0.15, 0.2) is 54.6 Å². The molecule has 3 aromatic rings. The number of halogens is 2. The van der Waals surface area contributed by atoms with Crippen LogP contribution in [-0.4, -0.2) is 13.6 Å². The van der Waals surface area contributed by atoms with Gasteiger partial charge in [0.05, 0.1) is 0 Å². The minimum atomic E-state index is -0.183. The van der Waals surface area contributed by atoms with E-state index >= 15 is 0 Å². The van der Waals surface area contributed by atoms with E-state index in [1.54, 1.807) is 6.07 Å². The van der Waals surface area contributed by atoms with E-state index in [-0.39, 0.29) is 23.6 Å². The molecule has 0 radical (unpaired) electrons. The first-order valence-electron chi connectivity index (χ1n) is 7.32. The van der Waals surface area contributed by atoms with Crippen molar-refractivity contribution in [2.75, 3.05) is 13.6 Å². The van der Waals surface area contributed by atoms with Crippen molar-refractivity contribution in [3.8, 4) is 5.75 Å². The van der Waals surface area contributed by atoms with Gasteiger partial charge in [0.15, 0.2) is 5.13 Å². The van der Waals surface area contributed by atoms with Gasteiger partial charge in [0.25, 0.3) is 0 Å². The third kappa shape index (κ3) is 4.22. The molecule has 3 rings (SSSR count). The van der Waals surface area contributed by atoms with E-state index in [4.69, 9.17) is 4.74 Å². The maximum atomic E-state index is 13.5. The van der Waals surface area contributed by atoms with Crippen molar-refractivity contribution in [1.29, 1.82) is 0 Å². The molecule has 0 saturated carbocycles. The zero-order valence-corrected chi connectivity index (χ0v) is 14.4. The lowest BCUT2D eigenvalue weighted by Crippen LogP contribution is -2.16. The number of ether oxygens (including phenoxy) is 1. The Morgan fingerprint density at radius 3 is 2.65 bits per heavy atom. The highest BCUT2D eigenvalue weighted by Crippen LogP contribution is 2.35. The van der Waals surface area contributed by atoms with Crippen LogP contribution in [0.4, 0.5) is 4.39 Å². The van der Waals surface area contributed by atoms with E-state index in [0.717, 1.165) is 45.7 Å². The first-order chi connectivity index (χ1) is 10.8. The second-order valence-corrected chi connectivity index (χ2v) is 6.16. The van der Waals surface area contributed by atoms with Crippen LogP contribution in [0.1, 0.15) is 18.1 Å². The molecule has 1 N–H and O–H groups in total. The van der Waals surface area contributed by atoms with E-state index in [9.17, 15) is 4.39 Å². The van der Waals surface area contributed by atoms with Crippen LogP contribution in [0.5, 0.6) is 5.75 Å². The lowest BCUT2D eigenvalue weighted by atomic mass is 10.1. The first-order valence-corrected chi connectivity index (χ1v) is 8.14. The van der Waals surface area contributed by atoms with Crippen molar-refractivity contribution in [2.45, 2.75) is 12.5 Å². The van der Waals surface area contributed by atoms with Crippen molar-refractivity contribution >= 4 is 33.8 Å². The number of nitrogens with one attached hydrogen (secondary N) is 1. The standard InChI is InChI=1S/C18H18FNOS.ClH/c1-20-11-10-15(13-6-3-2-4-7-13)21-16-8-5-9-17-14(16)12-18(19)22-17;/h2-9,12,15,20H,10-11H2,1H3;1H/t15-;/m1./s1. The van der Waals surface area contributed by atoms with E-state index in [2.05, 4.69) is 17.4 Å². The third-order valence-corrected chi connectivity index (χ3v) is 4.48. The largest absolute Gasteiger partial charge is 0.485 e. The molecule has 1 heterocycles. The first kappa shape index (κ1) is 17.7. The maximum Gasteiger partial charge on any atom is 0.177 e. The highest BCUT2D eigenvalue weighted by Gasteiger charge is 2.15. The summed E-state index contributed by atoms with van der Waals surface area (Å²) in [6.45, 7) is 0.855. The number of fused-ring (bicyclic) bond motifs is 1. The smallest absolute Gasteiger partial charge is 0.177 e. The molecular weight excluding hydrogens is 333 g/mol. The highest BCUT2D eigenvalue weighted by molar-refractivity contribution is 7.17. The fourth-order valence-corrected chi connectivity index (χ4v) is 3.30. The number of benzene rings is 2. The van der Waals surface area contributed by atoms with Crippen molar-refractivity contribution in [2.24, 2.45) is 0 Å². The SMILES string of the molecule is CNCC[C@@H](Oc1cccc2sc(F)cc12)c1ccccc1.Cl. The van der Waals surface area contributed by atoms with Gasteiger partial charge in [0.1, 0.15) is 11.9 Å². The minimum Gasteiger partial charge on any atom is -0.485 e. The Kier molecular flexibility index (Phi) is 6.39. The average molecular weight is 352 g/mol. The van der Waals surface area contributed by atoms with E-state index in [0.29, 0.717) is 0 Å². The average Bonchev–Trinajstić information content (AvgIpc) is 2.93. The van der Waals surface area contributed by atoms with Gasteiger partial charge in [0, 0.05) is 16.5 Å². The van der Waals surface area contributed by atoms with Gasteiger partial charge in [-0.3, -0.25) is 0 Å². The molecule has 0 fully saturated rings. The van der Waals surface area contributed by atoms with Crippen molar-refractivity contribution in [1.82, 2.24) is 5.32 Å². The van der Waals surface area contributed by atoms with Gasteiger partial charge >= 0.3 is 0 Å². The fourth-order valence-electron chi connectivity index (χ4n) is 2.50. The van der Waals surface area contributed by atoms with E-state index in [1.807, 2.05) is 43.4 Å².